The molecule has 1 aliphatic carbocycles. The third-order valence-electron chi connectivity index (χ3n) is 3.01. The topological polar surface area (TPSA) is 3.24 Å². The highest BCUT2D eigenvalue weighted by Crippen LogP contribution is 2.49. The molecule has 1 fully saturated rings. The van der Waals surface area contributed by atoms with E-state index in [-0.39, 0.29) is 5.56 Å². The molecule has 0 aliphatic heterocycles. The van der Waals surface area contributed by atoms with Gasteiger partial charge in [-0.15, -0.1) is 0 Å². The molecule has 1 atom stereocenters. The molecule has 0 aromatic heterocycles. The van der Waals surface area contributed by atoms with Gasteiger partial charge in [-0.05, 0) is 56.8 Å². The molecule has 1 nitrogen and oxygen atoms in total. The van der Waals surface area contributed by atoms with Crippen LogP contribution in [0.4, 0.5) is 0 Å². The van der Waals surface area contributed by atoms with Crippen molar-refractivity contribution in [2.24, 2.45) is 5.92 Å². The lowest BCUT2D eigenvalue weighted by Gasteiger charge is -2.51. The van der Waals surface area contributed by atoms with E-state index in [9.17, 15) is 1.37 Å². The Hall–Kier alpha value is -0.530. The van der Waals surface area contributed by atoms with Crippen molar-refractivity contribution in [3.05, 3.63) is 34.9 Å². The average molecular weight is 289 g/mol. The monoisotopic (exact) mass is 288 g/mol. The van der Waals surface area contributed by atoms with Crippen molar-refractivity contribution in [2.75, 3.05) is 14.1 Å². The first kappa shape index (κ1) is 6.95. The van der Waals surface area contributed by atoms with Gasteiger partial charge in [0.25, 0.3) is 0 Å². The Kier molecular flexibility index (Phi) is 2.14. The van der Waals surface area contributed by atoms with Gasteiger partial charge < -0.3 is 4.90 Å². The van der Waals surface area contributed by atoms with Crippen LogP contribution in [0.5, 0.6) is 0 Å². The fourth-order valence-corrected chi connectivity index (χ4v) is 2.26. The maximum absolute atomic E-state index is 9.26. The van der Waals surface area contributed by atoms with Gasteiger partial charge >= 0.3 is 0 Å². The van der Waals surface area contributed by atoms with Crippen LogP contribution in [0.15, 0.2) is 24.3 Å². The van der Waals surface area contributed by atoms with E-state index in [4.69, 9.17) is 22.6 Å². The highest BCUT2D eigenvalue weighted by atomic mass is 35.5. The fraction of sp³-hybridized carbons (Fsp3) is 0.647. The number of benzene rings is 1. The zero-order chi connectivity index (χ0) is 22.1. The first-order chi connectivity index (χ1) is 12.4. The van der Waals surface area contributed by atoms with Crippen molar-refractivity contribution in [1.29, 1.82) is 0 Å². The number of likely N-dealkylation sites (N-methyl/N-ethyl adjacent to an activating group) is 1. The van der Waals surface area contributed by atoms with E-state index in [1.54, 1.807) is 13.8 Å². The Morgan fingerprint density at radius 1 is 1.37 bits per heavy atom. The Balaban J connectivity index is 3.05. The zero-order valence-electron chi connectivity index (χ0n) is 20.7. The lowest BCUT2D eigenvalue weighted by molar-refractivity contribution is 0.0808. The molecule has 1 saturated carbocycles. The fourth-order valence-electron chi connectivity index (χ4n) is 2.13. The van der Waals surface area contributed by atoms with Gasteiger partial charge in [0.1, 0.15) is 0 Å². The van der Waals surface area contributed by atoms with E-state index in [1.165, 1.54) is 38.4 Å². The molecule has 0 N–H and O–H groups in total. The lowest BCUT2D eigenvalue weighted by atomic mass is 9.58. The van der Waals surface area contributed by atoms with Crippen LogP contribution in [0.25, 0.3) is 0 Å². The number of hydrogen-bond donors (Lipinski definition) is 0. The molecule has 0 radical (unpaired) electrons. The summed E-state index contributed by atoms with van der Waals surface area (Å²) in [6, 6.07) is 3.06. The van der Waals surface area contributed by atoms with E-state index >= 15 is 0 Å². The van der Waals surface area contributed by atoms with Crippen LogP contribution < -0.4 is 0 Å². The summed E-state index contributed by atoms with van der Waals surface area (Å²) in [5.41, 5.74) is -2.48. The summed E-state index contributed by atoms with van der Waals surface area (Å²) in [6.45, 7) is 3.08. The molecule has 0 saturated heterocycles. The largest absolute Gasteiger partial charge is 0.306 e. The summed E-state index contributed by atoms with van der Waals surface area (Å²) in [7, 11) is 2.79. The van der Waals surface area contributed by atoms with Crippen molar-refractivity contribution in [3.8, 4) is 0 Å². The molecule has 1 aliphatic rings. The van der Waals surface area contributed by atoms with Gasteiger partial charge in [-0.3, -0.25) is 0 Å². The molecule has 1 unspecified atom stereocenters. The summed E-state index contributed by atoms with van der Waals surface area (Å²) in [5, 5.41) is 0.314. The minimum absolute atomic E-state index is 0.00440. The van der Waals surface area contributed by atoms with Crippen molar-refractivity contribution in [1.82, 2.24) is 4.90 Å². The van der Waals surface area contributed by atoms with Gasteiger partial charge in [0.05, 0.1) is 0 Å². The standard InChI is InChI=1S/C17H26ClN/c1-13(2)12-16(19(3)4)17(10-5-11-17)14-6-8-15(18)9-7-14/h6-9,13,16H,5,10-12H2,1-4H3/i5D2,10D2,11D2,12D2,16D. The molecule has 0 spiro atoms. The summed E-state index contributed by atoms with van der Waals surface area (Å²) in [6.07, 6.45) is -11.1. The van der Waals surface area contributed by atoms with Gasteiger partial charge in [-0.25, -0.2) is 0 Å². The molecular formula is C17H26ClN. The average Bonchev–Trinajstić information content (AvgIpc) is 2.55. The smallest absolute Gasteiger partial charge is 0.0476 e. The highest BCUT2D eigenvalue weighted by Gasteiger charge is 2.46. The van der Waals surface area contributed by atoms with Gasteiger partial charge in [-0.2, -0.15) is 0 Å². The number of hydrogen-bond acceptors (Lipinski definition) is 1. The second kappa shape index (κ2) is 5.85. The van der Waals surface area contributed by atoms with Crippen LogP contribution in [0, 0.1) is 5.92 Å². The number of nitrogens with zero attached hydrogens (tertiary/aromatic N) is 1. The first-order valence-corrected chi connectivity index (χ1v) is 6.70. The maximum Gasteiger partial charge on any atom is 0.0476 e. The zero-order valence-corrected chi connectivity index (χ0v) is 12.5. The van der Waals surface area contributed by atoms with Crippen molar-refractivity contribution < 1.29 is 12.3 Å². The van der Waals surface area contributed by atoms with Crippen molar-refractivity contribution >= 4 is 11.6 Å². The first-order valence-electron chi connectivity index (χ1n) is 10.8. The molecular weight excluding hydrogens is 254 g/mol. The lowest BCUT2D eigenvalue weighted by Crippen LogP contribution is -2.52. The second-order valence-electron chi connectivity index (χ2n) is 5.17. The molecule has 19 heavy (non-hydrogen) atoms. The Morgan fingerprint density at radius 3 is 2.42 bits per heavy atom. The predicted molar refractivity (Wildman–Crippen MR) is 83.9 cm³/mol. The normalized spacial score (nSPS) is 36.9. The van der Waals surface area contributed by atoms with E-state index in [0.717, 1.165) is 4.90 Å². The Bertz CT molecular complexity index is 727. The van der Waals surface area contributed by atoms with Crippen LogP contribution >= 0.6 is 11.6 Å². The minimum atomic E-state index is -2.94. The van der Waals surface area contributed by atoms with Crippen LogP contribution in [0.3, 0.4) is 0 Å². The van der Waals surface area contributed by atoms with Gasteiger partial charge in [-0.1, -0.05) is 44.0 Å². The maximum atomic E-state index is 9.26. The summed E-state index contributed by atoms with van der Waals surface area (Å²) in [5.74, 6) is -0.769. The molecule has 2 rings (SSSR count). The molecule has 1 aromatic carbocycles. The van der Waals surface area contributed by atoms with Crippen molar-refractivity contribution in [3.63, 3.8) is 0 Å². The number of rotatable bonds is 5. The summed E-state index contributed by atoms with van der Waals surface area (Å²) in [4.78, 5) is 1.16. The third kappa shape index (κ3) is 2.98. The minimum Gasteiger partial charge on any atom is -0.306 e. The second-order valence-corrected chi connectivity index (χ2v) is 5.61. The molecule has 106 valence electrons. The number of halogens is 1. The molecule has 1 aromatic rings. The predicted octanol–water partition coefficient (Wildman–Crippen LogP) is 4.74. The molecule has 0 heterocycles. The molecule has 0 amide bonds. The summed E-state index contributed by atoms with van der Waals surface area (Å²) < 4.78 is 77.3. The van der Waals surface area contributed by atoms with Crippen LogP contribution in [-0.4, -0.2) is 25.0 Å². The van der Waals surface area contributed by atoms with E-state index in [1.807, 2.05) is 0 Å². The van der Waals surface area contributed by atoms with Crippen LogP contribution in [0.1, 0.15) is 57.2 Å². The quantitative estimate of drug-likeness (QED) is 0.756. The van der Waals surface area contributed by atoms with E-state index in [2.05, 4.69) is 0 Å². The van der Waals surface area contributed by atoms with Gasteiger partial charge in [0.15, 0.2) is 0 Å². The highest BCUT2D eigenvalue weighted by molar-refractivity contribution is 6.30. The van der Waals surface area contributed by atoms with Crippen LogP contribution in [-0.2, 0) is 5.41 Å². The van der Waals surface area contributed by atoms with Crippen molar-refractivity contribution in [2.45, 2.75) is 50.8 Å². The third-order valence-corrected chi connectivity index (χ3v) is 3.26. The van der Waals surface area contributed by atoms with Crippen LogP contribution in [0.2, 0.25) is 5.02 Å². The Labute approximate surface area is 135 Å². The summed E-state index contributed by atoms with van der Waals surface area (Å²) >= 11 is 5.95. The van der Waals surface area contributed by atoms with Gasteiger partial charge in [0.2, 0.25) is 0 Å². The van der Waals surface area contributed by atoms with E-state index < -0.39 is 42.8 Å². The SMILES string of the molecule is [2H]C([2H])(C(C)C)C([2H])(N(C)C)C1(c2ccc(Cl)cc2)C([2H])([2H])C([2H])([2H])C1([2H])[2H]. The Morgan fingerprint density at radius 2 is 1.95 bits per heavy atom. The van der Waals surface area contributed by atoms with Gasteiger partial charge in [0, 0.05) is 28.8 Å². The molecule has 0 bridgehead atoms. The van der Waals surface area contributed by atoms with E-state index in [0.29, 0.717) is 5.02 Å². The molecule has 2 heteroatoms.